The summed E-state index contributed by atoms with van der Waals surface area (Å²) in [5.74, 6) is -1.16. The van der Waals surface area contributed by atoms with E-state index in [2.05, 4.69) is 9.98 Å². The lowest BCUT2D eigenvalue weighted by Crippen LogP contribution is -2.52. The minimum Gasteiger partial charge on any atom is -0.339 e. The zero-order valence-corrected chi connectivity index (χ0v) is 15.4. The second kappa shape index (κ2) is 7.94. The van der Waals surface area contributed by atoms with E-state index in [1.807, 2.05) is 0 Å². The number of piperazine rings is 1. The zero-order valence-electron chi connectivity index (χ0n) is 15.4. The standard InChI is InChI=1S/C19H22F2N4O2/c1-12(2)17-16(21)18(27)23-19(22-17)25-9-7-24(8-10-25)15(26)11-13-3-5-14(20)6-4-13/h3-6,12,16H,7-11H2,1-2H3. The Hall–Kier alpha value is -2.64. The number of carbonyl (C=O) groups is 2. The average Bonchev–Trinajstić information content (AvgIpc) is 2.65. The van der Waals surface area contributed by atoms with Gasteiger partial charge >= 0.3 is 0 Å². The summed E-state index contributed by atoms with van der Waals surface area (Å²) in [4.78, 5) is 35.7. The largest absolute Gasteiger partial charge is 0.339 e. The fourth-order valence-electron chi connectivity index (χ4n) is 3.09. The van der Waals surface area contributed by atoms with Crippen LogP contribution >= 0.6 is 0 Å². The van der Waals surface area contributed by atoms with Crippen LogP contribution in [-0.2, 0) is 16.0 Å². The molecule has 8 heteroatoms. The van der Waals surface area contributed by atoms with Gasteiger partial charge in [0.2, 0.25) is 18.0 Å². The van der Waals surface area contributed by atoms with Crippen LogP contribution in [0.4, 0.5) is 8.78 Å². The van der Waals surface area contributed by atoms with Gasteiger partial charge in [0.15, 0.2) is 0 Å². The molecule has 0 aromatic heterocycles. The fraction of sp³-hybridized carbons (Fsp3) is 0.474. The van der Waals surface area contributed by atoms with Crippen molar-refractivity contribution in [1.82, 2.24) is 9.80 Å². The van der Waals surface area contributed by atoms with Crippen molar-refractivity contribution in [3.63, 3.8) is 0 Å². The maximum atomic E-state index is 14.0. The van der Waals surface area contributed by atoms with Crippen molar-refractivity contribution in [2.24, 2.45) is 15.9 Å². The Labute approximate surface area is 156 Å². The maximum Gasteiger partial charge on any atom is 0.289 e. The summed E-state index contributed by atoms with van der Waals surface area (Å²) >= 11 is 0. The molecular formula is C19H22F2N4O2. The Balaban J connectivity index is 1.60. The smallest absolute Gasteiger partial charge is 0.289 e. The molecule has 0 saturated carbocycles. The van der Waals surface area contributed by atoms with Crippen LogP contribution in [0.5, 0.6) is 0 Å². The molecule has 27 heavy (non-hydrogen) atoms. The number of amides is 2. The van der Waals surface area contributed by atoms with Gasteiger partial charge in [-0.2, -0.15) is 4.99 Å². The molecule has 1 atom stereocenters. The molecule has 0 aliphatic carbocycles. The summed E-state index contributed by atoms with van der Waals surface area (Å²) in [6, 6.07) is 5.87. The molecule has 1 aromatic carbocycles. The lowest BCUT2D eigenvalue weighted by molar-refractivity contribution is -0.131. The molecule has 6 nitrogen and oxygen atoms in total. The molecule has 3 rings (SSSR count). The van der Waals surface area contributed by atoms with Gasteiger partial charge < -0.3 is 9.80 Å². The first-order valence-corrected chi connectivity index (χ1v) is 8.97. The van der Waals surface area contributed by atoms with Crippen molar-refractivity contribution in [1.29, 1.82) is 0 Å². The third kappa shape index (κ3) is 4.37. The van der Waals surface area contributed by atoms with Crippen LogP contribution in [0.3, 0.4) is 0 Å². The van der Waals surface area contributed by atoms with E-state index in [-0.39, 0.29) is 35.7 Å². The summed E-state index contributed by atoms with van der Waals surface area (Å²) in [7, 11) is 0. The Bertz CT molecular complexity index is 781. The number of benzene rings is 1. The average molecular weight is 376 g/mol. The fourth-order valence-corrected chi connectivity index (χ4v) is 3.09. The first-order chi connectivity index (χ1) is 12.8. The molecule has 1 saturated heterocycles. The van der Waals surface area contributed by atoms with Crippen LogP contribution in [0.2, 0.25) is 0 Å². The third-order valence-corrected chi connectivity index (χ3v) is 4.69. The summed E-state index contributed by atoms with van der Waals surface area (Å²) in [5.41, 5.74) is 0.950. The molecule has 0 bridgehead atoms. The van der Waals surface area contributed by atoms with E-state index in [0.29, 0.717) is 26.2 Å². The van der Waals surface area contributed by atoms with Crippen molar-refractivity contribution >= 4 is 23.5 Å². The molecule has 2 heterocycles. The van der Waals surface area contributed by atoms with Crippen molar-refractivity contribution < 1.29 is 18.4 Å². The first-order valence-electron chi connectivity index (χ1n) is 8.97. The van der Waals surface area contributed by atoms with Crippen LogP contribution in [0.25, 0.3) is 0 Å². The van der Waals surface area contributed by atoms with Crippen LogP contribution in [-0.4, -0.2) is 65.6 Å². The molecule has 1 fully saturated rings. The number of hydrogen-bond acceptors (Lipinski definition) is 4. The number of aliphatic imine (C=N–C) groups is 2. The minimum atomic E-state index is -1.77. The molecule has 0 spiro atoms. The third-order valence-electron chi connectivity index (χ3n) is 4.69. The predicted octanol–water partition coefficient (Wildman–Crippen LogP) is 1.84. The van der Waals surface area contributed by atoms with E-state index in [0.717, 1.165) is 5.56 Å². The van der Waals surface area contributed by atoms with Gasteiger partial charge in [-0.05, 0) is 23.6 Å². The van der Waals surface area contributed by atoms with Gasteiger partial charge in [-0.1, -0.05) is 26.0 Å². The number of carbonyl (C=O) groups excluding carboxylic acids is 2. The normalized spacial score (nSPS) is 20.6. The van der Waals surface area contributed by atoms with Crippen LogP contribution < -0.4 is 0 Å². The lowest BCUT2D eigenvalue weighted by Gasteiger charge is -2.36. The molecule has 144 valence electrons. The second-order valence-corrected chi connectivity index (χ2v) is 6.98. The molecule has 1 unspecified atom stereocenters. The molecule has 0 N–H and O–H groups in total. The van der Waals surface area contributed by atoms with E-state index in [9.17, 15) is 18.4 Å². The topological polar surface area (TPSA) is 65.3 Å². The molecule has 1 aromatic rings. The number of halogens is 2. The monoisotopic (exact) mass is 376 g/mol. The summed E-state index contributed by atoms with van der Waals surface area (Å²) in [6.45, 7) is 5.42. The Morgan fingerprint density at radius 2 is 1.78 bits per heavy atom. The van der Waals surface area contributed by atoms with Gasteiger partial charge in [0.1, 0.15) is 5.82 Å². The highest BCUT2D eigenvalue weighted by atomic mass is 19.1. The van der Waals surface area contributed by atoms with Gasteiger partial charge in [-0.15, -0.1) is 0 Å². The quantitative estimate of drug-likeness (QED) is 0.809. The van der Waals surface area contributed by atoms with Gasteiger partial charge in [-0.25, -0.2) is 13.8 Å². The Morgan fingerprint density at radius 3 is 2.37 bits per heavy atom. The SMILES string of the molecule is CC(C)C1=NC(N2CCN(C(=O)Cc3ccc(F)cc3)CC2)=NC(=O)C1F. The highest BCUT2D eigenvalue weighted by molar-refractivity contribution is 6.18. The highest BCUT2D eigenvalue weighted by Crippen LogP contribution is 2.16. The summed E-state index contributed by atoms with van der Waals surface area (Å²) in [6.07, 6.45) is -1.56. The molecule has 2 aliphatic rings. The molecule has 0 radical (unpaired) electrons. The number of guanidine groups is 1. The number of rotatable bonds is 3. The number of nitrogens with zero attached hydrogens (tertiary/aromatic N) is 4. The second-order valence-electron chi connectivity index (χ2n) is 6.98. The summed E-state index contributed by atoms with van der Waals surface area (Å²) in [5, 5.41) is 0. The zero-order chi connectivity index (χ0) is 19.6. The summed E-state index contributed by atoms with van der Waals surface area (Å²) < 4.78 is 26.9. The minimum absolute atomic E-state index is 0.0434. The number of hydrogen-bond donors (Lipinski definition) is 0. The lowest BCUT2D eigenvalue weighted by atomic mass is 10.0. The van der Waals surface area contributed by atoms with Crippen LogP contribution in [0.1, 0.15) is 19.4 Å². The van der Waals surface area contributed by atoms with Crippen molar-refractivity contribution in [2.45, 2.75) is 26.4 Å². The van der Waals surface area contributed by atoms with Gasteiger partial charge in [-0.3, -0.25) is 9.59 Å². The maximum absolute atomic E-state index is 14.0. The Kier molecular flexibility index (Phi) is 5.62. The van der Waals surface area contributed by atoms with Crippen molar-refractivity contribution in [3.8, 4) is 0 Å². The van der Waals surface area contributed by atoms with Gasteiger partial charge in [0, 0.05) is 26.2 Å². The van der Waals surface area contributed by atoms with Crippen LogP contribution in [0.15, 0.2) is 34.3 Å². The first kappa shape index (κ1) is 19.1. The van der Waals surface area contributed by atoms with E-state index in [4.69, 9.17) is 0 Å². The highest BCUT2D eigenvalue weighted by Gasteiger charge is 2.33. The predicted molar refractivity (Wildman–Crippen MR) is 97.9 cm³/mol. The molecular weight excluding hydrogens is 354 g/mol. The van der Waals surface area contributed by atoms with E-state index >= 15 is 0 Å². The van der Waals surface area contributed by atoms with Crippen molar-refractivity contribution in [2.75, 3.05) is 26.2 Å². The van der Waals surface area contributed by atoms with E-state index < -0.39 is 12.1 Å². The van der Waals surface area contributed by atoms with Gasteiger partial charge in [0.25, 0.3) is 5.91 Å². The van der Waals surface area contributed by atoms with Crippen LogP contribution in [0, 0.1) is 11.7 Å². The molecule has 2 amide bonds. The van der Waals surface area contributed by atoms with Gasteiger partial charge in [0.05, 0.1) is 12.1 Å². The molecule has 2 aliphatic heterocycles. The Morgan fingerprint density at radius 1 is 1.15 bits per heavy atom. The van der Waals surface area contributed by atoms with E-state index in [1.165, 1.54) is 12.1 Å². The van der Waals surface area contributed by atoms with Crippen molar-refractivity contribution in [3.05, 3.63) is 35.6 Å². The number of alkyl halides is 1. The van der Waals surface area contributed by atoms with E-state index in [1.54, 1.807) is 35.8 Å².